The van der Waals surface area contributed by atoms with Gasteiger partial charge in [0, 0.05) is 0 Å². The second kappa shape index (κ2) is 18.8. The largest absolute Gasteiger partial charge is 1.00 e. The number of nitrogens with zero attached hydrogens (tertiary/aromatic N) is 1. The first-order valence-electron chi connectivity index (χ1n) is 4.53. The predicted octanol–water partition coefficient (Wildman–Crippen LogP) is -2.19. The predicted molar refractivity (Wildman–Crippen MR) is 53.9 cm³/mol. The SMILES string of the molecule is CC(C)[N-]C(C)C.[CH2-]CCC.[Li+].[Li+]. The molecule has 0 unspecified atom stereocenters. The van der Waals surface area contributed by atoms with Crippen molar-refractivity contribution in [2.45, 2.75) is 59.5 Å². The third kappa shape index (κ3) is 43.2. The van der Waals surface area contributed by atoms with Gasteiger partial charge >= 0.3 is 37.7 Å². The fraction of sp³-hybridized carbons (Fsp3) is 0.900. The molecule has 13 heavy (non-hydrogen) atoms. The zero-order valence-electron chi connectivity index (χ0n) is 10.7. The minimum Gasteiger partial charge on any atom is -0.658 e. The Balaban J connectivity index is -0.0000000600. The summed E-state index contributed by atoms with van der Waals surface area (Å²) >= 11 is 0. The van der Waals surface area contributed by atoms with Gasteiger partial charge in [-0.25, -0.2) is 0 Å². The molecule has 0 rings (SSSR count). The van der Waals surface area contributed by atoms with Crippen LogP contribution in [0.15, 0.2) is 0 Å². The second-order valence-corrected chi connectivity index (χ2v) is 3.19. The molecule has 0 N–H and O–H groups in total. The van der Waals surface area contributed by atoms with Crippen LogP contribution in [0.25, 0.3) is 5.32 Å². The molecule has 0 amide bonds. The van der Waals surface area contributed by atoms with Gasteiger partial charge in [0.1, 0.15) is 0 Å². The van der Waals surface area contributed by atoms with Crippen molar-refractivity contribution >= 4 is 0 Å². The van der Waals surface area contributed by atoms with Crippen LogP contribution in [0.1, 0.15) is 47.5 Å². The molecule has 0 aromatic carbocycles. The Morgan fingerprint density at radius 2 is 1.23 bits per heavy atom. The fourth-order valence-electron chi connectivity index (χ4n) is 0.596. The zero-order chi connectivity index (χ0) is 9.28. The van der Waals surface area contributed by atoms with E-state index in [2.05, 4.69) is 46.9 Å². The average molecular weight is 171 g/mol. The molecular weight excluding hydrogens is 148 g/mol. The Hall–Kier alpha value is 1.15. The summed E-state index contributed by atoms with van der Waals surface area (Å²) in [4.78, 5) is 0. The number of unbranched alkanes of at least 4 members (excludes halogenated alkanes) is 1. The van der Waals surface area contributed by atoms with Gasteiger partial charge < -0.3 is 12.2 Å². The van der Waals surface area contributed by atoms with Gasteiger partial charge in [0.15, 0.2) is 0 Å². The summed E-state index contributed by atoms with van der Waals surface area (Å²) in [7, 11) is 0. The van der Waals surface area contributed by atoms with Crippen LogP contribution < -0.4 is 37.7 Å². The summed E-state index contributed by atoms with van der Waals surface area (Å²) < 4.78 is 0. The van der Waals surface area contributed by atoms with Gasteiger partial charge in [0.25, 0.3) is 0 Å². The van der Waals surface area contributed by atoms with Crippen molar-refractivity contribution in [3.05, 3.63) is 12.2 Å². The van der Waals surface area contributed by atoms with E-state index < -0.39 is 0 Å². The summed E-state index contributed by atoms with van der Waals surface area (Å²) in [6.07, 6.45) is 2.28. The van der Waals surface area contributed by atoms with Crippen LogP contribution in [-0.2, 0) is 0 Å². The monoisotopic (exact) mass is 171 g/mol. The van der Waals surface area contributed by atoms with Crippen LogP contribution in [0.4, 0.5) is 0 Å². The molecule has 0 aliphatic carbocycles. The van der Waals surface area contributed by atoms with Gasteiger partial charge in [-0.05, 0) is 0 Å². The molecule has 0 aliphatic heterocycles. The smallest absolute Gasteiger partial charge is 0.658 e. The van der Waals surface area contributed by atoms with Gasteiger partial charge in [-0.15, -0.1) is 12.1 Å². The molecule has 3 heteroatoms. The molecule has 0 heterocycles. The van der Waals surface area contributed by atoms with Crippen molar-refractivity contribution in [2.24, 2.45) is 0 Å². The Morgan fingerprint density at radius 3 is 1.23 bits per heavy atom. The molecule has 0 aliphatic rings. The molecule has 0 atom stereocenters. The zero-order valence-corrected chi connectivity index (χ0v) is 10.7. The van der Waals surface area contributed by atoms with Crippen LogP contribution in [-0.4, -0.2) is 12.1 Å². The summed E-state index contributed by atoms with van der Waals surface area (Å²) in [5, 5.41) is 4.28. The van der Waals surface area contributed by atoms with E-state index in [4.69, 9.17) is 0 Å². The van der Waals surface area contributed by atoms with Crippen LogP contribution in [0, 0.1) is 6.92 Å². The van der Waals surface area contributed by atoms with Crippen molar-refractivity contribution in [1.82, 2.24) is 0 Å². The Morgan fingerprint density at radius 1 is 1.00 bits per heavy atom. The van der Waals surface area contributed by atoms with Crippen molar-refractivity contribution < 1.29 is 37.7 Å². The normalized spacial score (nSPS) is 8.31. The fourth-order valence-corrected chi connectivity index (χ4v) is 0.596. The average Bonchev–Trinajstić information content (AvgIpc) is 1.85. The summed E-state index contributed by atoms with van der Waals surface area (Å²) in [6, 6.07) is 1.000. The van der Waals surface area contributed by atoms with Crippen LogP contribution >= 0.6 is 0 Å². The molecular formula is C10H23Li2N. The van der Waals surface area contributed by atoms with E-state index in [1.165, 1.54) is 6.42 Å². The maximum Gasteiger partial charge on any atom is 1.00 e. The molecule has 0 aromatic heterocycles. The van der Waals surface area contributed by atoms with E-state index in [9.17, 15) is 0 Å². The summed E-state index contributed by atoms with van der Waals surface area (Å²) in [5.74, 6) is 0. The van der Waals surface area contributed by atoms with Crippen molar-refractivity contribution in [1.29, 1.82) is 0 Å². The molecule has 0 saturated heterocycles. The molecule has 0 spiro atoms. The standard InChI is InChI=1S/C6H14N.C4H9.2Li/c1-5(2)7-6(3)4;1-3-4-2;;/h5-6H,1-4H3;1,3-4H2,2H3;;/q2*-1;2*+1. The maximum absolute atomic E-state index is 4.28. The van der Waals surface area contributed by atoms with Crippen LogP contribution in [0.5, 0.6) is 0 Å². The summed E-state index contributed by atoms with van der Waals surface area (Å²) in [6.45, 7) is 14.1. The van der Waals surface area contributed by atoms with Crippen LogP contribution in [0.2, 0.25) is 0 Å². The molecule has 0 radical (unpaired) electrons. The van der Waals surface area contributed by atoms with E-state index in [1.807, 2.05) is 0 Å². The van der Waals surface area contributed by atoms with Gasteiger partial charge in [0.2, 0.25) is 0 Å². The minimum absolute atomic E-state index is 0. The van der Waals surface area contributed by atoms with Crippen molar-refractivity contribution in [2.75, 3.05) is 0 Å². The van der Waals surface area contributed by atoms with Gasteiger partial charge in [-0.1, -0.05) is 41.0 Å². The van der Waals surface area contributed by atoms with E-state index in [-0.39, 0.29) is 37.7 Å². The van der Waals surface area contributed by atoms with Crippen LogP contribution in [0.3, 0.4) is 0 Å². The number of hydrogen-bond donors (Lipinski definition) is 0. The third-order valence-electron chi connectivity index (χ3n) is 0.950. The first kappa shape index (κ1) is 23.8. The van der Waals surface area contributed by atoms with Gasteiger partial charge in [0.05, 0.1) is 0 Å². The maximum atomic E-state index is 4.28. The molecule has 0 bridgehead atoms. The second-order valence-electron chi connectivity index (χ2n) is 3.19. The van der Waals surface area contributed by atoms with E-state index >= 15 is 0 Å². The van der Waals surface area contributed by atoms with E-state index in [0.29, 0.717) is 12.1 Å². The molecule has 1 nitrogen and oxygen atoms in total. The Kier molecular flexibility index (Phi) is 34.4. The van der Waals surface area contributed by atoms with E-state index in [0.717, 1.165) is 6.42 Å². The van der Waals surface area contributed by atoms with Crippen molar-refractivity contribution in [3.63, 3.8) is 0 Å². The van der Waals surface area contributed by atoms with Gasteiger partial charge in [-0.2, -0.15) is 6.42 Å². The number of hydrogen-bond acceptors (Lipinski definition) is 0. The quantitative estimate of drug-likeness (QED) is 0.338. The molecule has 0 saturated carbocycles. The van der Waals surface area contributed by atoms with Crippen molar-refractivity contribution in [3.8, 4) is 0 Å². The Labute approximate surface area is 109 Å². The van der Waals surface area contributed by atoms with Gasteiger partial charge in [-0.3, -0.25) is 0 Å². The first-order chi connectivity index (χ1) is 5.04. The minimum atomic E-state index is 0. The molecule has 70 valence electrons. The summed E-state index contributed by atoms with van der Waals surface area (Å²) in [5.41, 5.74) is 0. The molecule has 0 fully saturated rings. The van der Waals surface area contributed by atoms with E-state index in [1.54, 1.807) is 0 Å². The number of rotatable bonds is 3. The molecule has 0 aromatic rings. The Bertz CT molecular complexity index is 57.9. The topological polar surface area (TPSA) is 14.1 Å². The first-order valence-corrected chi connectivity index (χ1v) is 4.53. The third-order valence-corrected chi connectivity index (χ3v) is 0.950.